The Hall–Kier alpha value is -3.34. The number of anilines is 1. The number of rotatable bonds is 5. The van der Waals surface area contributed by atoms with Gasteiger partial charge in [0.15, 0.2) is 11.5 Å². The predicted octanol–water partition coefficient (Wildman–Crippen LogP) is 4.41. The lowest BCUT2D eigenvalue weighted by molar-refractivity contribution is 0.0994. The van der Waals surface area contributed by atoms with Crippen molar-refractivity contribution in [3.05, 3.63) is 72.0 Å². The summed E-state index contributed by atoms with van der Waals surface area (Å²) < 4.78 is 10.7. The molecule has 2 aromatic carbocycles. The lowest BCUT2D eigenvalue weighted by Crippen LogP contribution is -2.10. The summed E-state index contributed by atoms with van der Waals surface area (Å²) in [4.78, 5) is 23.6. The second-order valence-corrected chi connectivity index (χ2v) is 5.48. The van der Waals surface area contributed by atoms with Gasteiger partial charge in [-0.1, -0.05) is 24.3 Å². The number of hydrogen-bond acceptors (Lipinski definition) is 4. The largest absolute Gasteiger partial charge is 0.497 e. The highest BCUT2D eigenvalue weighted by Crippen LogP contribution is 2.23. The Morgan fingerprint density at radius 2 is 1.60 bits per heavy atom. The number of Topliss-reactive ketones (excluding diaryl/α,β-unsaturated/α-hetero) is 1. The molecule has 0 radical (unpaired) electrons. The third kappa shape index (κ3) is 3.77. The van der Waals surface area contributed by atoms with Crippen LogP contribution >= 0.6 is 0 Å². The van der Waals surface area contributed by atoms with Crippen LogP contribution in [-0.4, -0.2) is 18.8 Å². The smallest absolute Gasteiger partial charge is 0.291 e. The van der Waals surface area contributed by atoms with E-state index in [4.69, 9.17) is 9.15 Å². The molecule has 0 saturated carbocycles. The number of ketones is 1. The van der Waals surface area contributed by atoms with Gasteiger partial charge in [-0.2, -0.15) is 0 Å². The van der Waals surface area contributed by atoms with E-state index in [0.717, 1.165) is 5.56 Å². The molecular weight excluding hydrogens is 318 g/mol. The number of amides is 1. The molecule has 1 N–H and O–H groups in total. The fourth-order valence-corrected chi connectivity index (χ4v) is 2.35. The number of methoxy groups -OCH3 is 1. The van der Waals surface area contributed by atoms with E-state index in [1.54, 1.807) is 67.8 Å². The number of hydrogen-bond donors (Lipinski definition) is 1. The van der Waals surface area contributed by atoms with Crippen LogP contribution in [0.3, 0.4) is 0 Å². The Labute approximate surface area is 145 Å². The maximum Gasteiger partial charge on any atom is 0.291 e. The summed E-state index contributed by atoms with van der Waals surface area (Å²) in [6.45, 7) is 1.52. The molecule has 0 atom stereocenters. The van der Waals surface area contributed by atoms with E-state index >= 15 is 0 Å². The van der Waals surface area contributed by atoms with Crippen LogP contribution in [0.25, 0.3) is 11.3 Å². The average molecular weight is 335 g/mol. The Bertz CT molecular complexity index is 892. The summed E-state index contributed by atoms with van der Waals surface area (Å²) in [7, 11) is 1.58. The van der Waals surface area contributed by atoms with Crippen LogP contribution in [0.5, 0.6) is 5.75 Å². The lowest BCUT2D eigenvalue weighted by atomic mass is 10.1. The second kappa shape index (κ2) is 7.05. The molecule has 0 aliphatic rings. The first kappa shape index (κ1) is 16.5. The molecule has 0 aliphatic carbocycles. The van der Waals surface area contributed by atoms with Gasteiger partial charge >= 0.3 is 0 Å². The van der Waals surface area contributed by atoms with Crippen molar-refractivity contribution in [2.75, 3.05) is 12.4 Å². The molecule has 25 heavy (non-hydrogen) atoms. The van der Waals surface area contributed by atoms with E-state index < -0.39 is 0 Å². The Balaban J connectivity index is 1.73. The summed E-state index contributed by atoms with van der Waals surface area (Å²) in [5, 5.41) is 2.77. The zero-order valence-electron chi connectivity index (χ0n) is 13.9. The fraction of sp³-hybridized carbons (Fsp3) is 0.100. The molecule has 1 amide bonds. The Morgan fingerprint density at radius 3 is 2.20 bits per heavy atom. The van der Waals surface area contributed by atoms with Crippen LogP contribution in [0.1, 0.15) is 27.8 Å². The molecule has 3 aromatic rings. The highest BCUT2D eigenvalue weighted by molar-refractivity contribution is 6.02. The van der Waals surface area contributed by atoms with E-state index in [9.17, 15) is 9.59 Å². The summed E-state index contributed by atoms with van der Waals surface area (Å²) in [6.07, 6.45) is 0. The van der Waals surface area contributed by atoms with Gasteiger partial charge < -0.3 is 14.5 Å². The molecule has 0 unspecified atom stereocenters. The number of carbonyl (C=O) groups excluding carboxylic acids is 2. The first-order valence-corrected chi connectivity index (χ1v) is 7.73. The van der Waals surface area contributed by atoms with Crippen LogP contribution in [0.2, 0.25) is 0 Å². The molecule has 5 heteroatoms. The topological polar surface area (TPSA) is 68.5 Å². The monoisotopic (exact) mass is 335 g/mol. The SMILES string of the molecule is COc1ccc(NC(=O)c2ccc(-c3ccc(C(C)=O)cc3)o2)cc1. The molecule has 0 saturated heterocycles. The van der Waals surface area contributed by atoms with Gasteiger partial charge in [-0.25, -0.2) is 0 Å². The lowest BCUT2D eigenvalue weighted by Gasteiger charge is -2.04. The van der Waals surface area contributed by atoms with Crippen LogP contribution in [0.15, 0.2) is 65.1 Å². The first-order chi connectivity index (χ1) is 12.1. The van der Waals surface area contributed by atoms with Crippen molar-refractivity contribution in [3.63, 3.8) is 0 Å². The normalized spacial score (nSPS) is 10.3. The second-order valence-electron chi connectivity index (χ2n) is 5.48. The Kier molecular flexibility index (Phi) is 4.66. The molecule has 0 aliphatic heterocycles. The minimum Gasteiger partial charge on any atom is -0.497 e. The van der Waals surface area contributed by atoms with Gasteiger partial charge in [-0.3, -0.25) is 9.59 Å². The van der Waals surface area contributed by atoms with Crippen LogP contribution in [0.4, 0.5) is 5.69 Å². The standard InChI is InChI=1S/C20H17NO4/c1-13(22)14-3-5-15(6-4-14)18-11-12-19(25-18)20(23)21-16-7-9-17(24-2)10-8-16/h3-12H,1-2H3,(H,21,23). The van der Waals surface area contributed by atoms with Gasteiger partial charge in [0, 0.05) is 16.8 Å². The minimum atomic E-state index is -0.336. The molecule has 5 nitrogen and oxygen atoms in total. The van der Waals surface area contributed by atoms with Gasteiger partial charge in [0.1, 0.15) is 11.5 Å². The number of ether oxygens (including phenoxy) is 1. The number of benzene rings is 2. The quantitative estimate of drug-likeness (QED) is 0.701. The van der Waals surface area contributed by atoms with Gasteiger partial charge in [-0.15, -0.1) is 0 Å². The van der Waals surface area contributed by atoms with E-state index in [1.807, 2.05) is 0 Å². The molecule has 1 heterocycles. The third-order valence-corrected chi connectivity index (χ3v) is 3.75. The van der Waals surface area contributed by atoms with Gasteiger partial charge in [-0.05, 0) is 43.3 Å². The fourth-order valence-electron chi connectivity index (χ4n) is 2.35. The molecule has 0 fully saturated rings. The molecule has 0 bridgehead atoms. The van der Waals surface area contributed by atoms with E-state index in [-0.39, 0.29) is 17.5 Å². The van der Waals surface area contributed by atoms with Gasteiger partial charge in [0.2, 0.25) is 0 Å². The van der Waals surface area contributed by atoms with Crippen LogP contribution in [0, 0.1) is 0 Å². The van der Waals surface area contributed by atoms with Gasteiger partial charge in [0.05, 0.1) is 7.11 Å². The Morgan fingerprint density at radius 1 is 0.920 bits per heavy atom. The van der Waals surface area contributed by atoms with E-state index in [1.165, 1.54) is 6.92 Å². The molecule has 3 rings (SSSR count). The summed E-state index contributed by atoms with van der Waals surface area (Å²) in [6, 6.07) is 17.4. The van der Waals surface area contributed by atoms with Crippen molar-refractivity contribution in [1.29, 1.82) is 0 Å². The maximum absolute atomic E-state index is 12.3. The summed E-state index contributed by atoms with van der Waals surface area (Å²) in [5.74, 6) is 1.16. The highest BCUT2D eigenvalue weighted by atomic mass is 16.5. The summed E-state index contributed by atoms with van der Waals surface area (Å²) >= 11 is 0. The van der Waals surface area contributed by atoms with Crippen molar-refractivity contribution < 1.29 is 18.7 Å². The van der Waals surface area contributed by atoms with Crippen LogP contribution in [-0.2, 0) is 0 Å². The first-order valence-electron chi connectivity index (χ1n) is 7.73. The van der Waals surface area contributed by atoms with Crippen molar-refractivity contribution in [1.82, 2.24) is 0 Å². The van der Waals surface area contributed by atoms with E-state index in [2.05, 4.69) is 5.32 Å². The summed E-state index contributed by atoms with van der Waals surface area (Å²) in [5.41, 5.74) is 2.08. The molecule has 0 spiro atoms. The van der Waals surface area contributed by atoms with Crippen LogP contribution < -0.4 is 10.1 Å². The molecule has 126 valence electrons. The van der Waals surface area contributed by atoms with Crippen molar-refractivity contribution in [2.45, 2.75) is 6.92 Å². The zero-order valence-corrected chi connectivity index (χ0v) is 13.9. The predicted molar refractivity (Wildman–Crippen MR) is 95.1 cm³/mol. The minimum absolute atomic E-state index is 0.00514. The molecular formula is C20H17NO4. The average Bonchev–Trinajstić information content (AvgIpc) is 3.13. The van der Waals surface area contributed by atoms with Crippen molar-refractivity contribution >= 4 is 17.4 Å². The van der Waals surface area contributed by atoms with Crippen molar-refractivity contribution in [3.8, 4) is 17.1 Å². The zero-order chi connectivity index (χ0) is 17.8. The number of carbonyl (C=O) groups is 2. The third-order valence-electron chi connectivity index (χ3n) is 3.75. The van der Waals surface area contributed by atoms with E-state index in [0.29, 0.717) is 22.8 Å². The highest BCUT2D eigenvalue weighted by Gasteiger charge is 2.13. The van der Waals surface area contributed by atoms with Gasteiger partial charge in [0.25, 0.3) is 5.91 Å². The maximum atomic E-state index is 12.3. The van der Waals surface area contributed by atoms with Crippen molar-refractivity contribution in [2.24, 2.45) is 0 Å². The molecule has 1 aromatic heterocycles. The number of nitrogens with one attached hydrogen (secondary N) is 1. The number of furan rings is 1.